The predicted molar refractivity (Wildman–Crippen MR) is 149 cm³/mol. The normalized spacial score (nSPS) is 12.3. The second kappa shape index (κ2) is 11.6. The van der Waals surface area contributed by atoms with Crippen molar-refractivity contribution in [3.8, 4) is 28.7 Å². The predicted octanol–water partition coefficient (Wildman–Crippen LogP) is 5.09. The molecule has 0 spiro atoms. The fourth-order valence-corrected chi connectivity index (χ4v) is 4.37. The van der Waals surface area contributed by atoms with E-state index in [1.807, 2.05) is 33.2 Å². The number of pyridine rings is 1. The summed E-state index contributed by atoms with van der Waals surface area (Å²) in [6.07, 6.45) is 5.11. The molecule has 2 heterocycles. The topological polar surface area (TPSA) is 103 Å². The number of benzene rings is 2. The summed E-state index contributed by atoms with van der Waals surface area (Å²) in [5.74, 6) is 0.696. The van der Waals surface area contributed by atoms with E-state index >= 15 is 0 Å². The van der Waals surface area contributed by atoms with Crippen molar-refractivity contribution in [3.05, 3.63) is 83.2 Å². The Labute approximate surface area is 222 Å². The Morgan fingerprint density at radius 2 is 1.87 bits per heavy atom. The summed E-state index contributed by atoms with van der Waals surface area (Å²) in [4.78, 5) is 22.8. The van der Waals surface area contributed by atoms with Gasteiger partial charge in [0.05, 0.1) is 20.3 Å². The fraction of sp³-hybridized carbons (Fsp3) is 0.233. The first-order chi connectivity index (χ1) is 18.3. The second-order valence-corrected chi connectivity index (χ2v) is 9.24. The third-order valence-electron chi connectivity index (χ3n) is 6.29. The molecule has 0 aliphatic carbocycles. The number of aromatic amines is 1. The smallest absolute Gasteiger partial charge is 0.262 e. The minimum Gasteiger partial charge on any atom is -0.493 e. The molecule has 38 heavy (non-hydrogen) atoms. The molecule has 0 unspecified atom stereocenters. The Kier molecular flexibility index (Phi) is 8.09. The molecular formula is C30H31N5O3. The monoisotopic (exact) mass is 509 g/mol. The van der Waals surface area contributed by atoms with Gasteiger partial charge < -0.3 is 24.7 Å². The van der Waals surface area contributed by atoms with Gasteiger partial charge in [0.2, 0.25) is 0 Å². The van der Waals surface area contributed by atoms with Crippen molar-refractivity contribution in [3.63, 3.8) is 0 Å². The third kappa shape index (κ3) is 5.69. The summed E-state index contributed by atoms with van der Waals surface area (Å²) >= 11 is 0. The Morgan fingerprint density at radius 1 is 1.13 bits per heavy atom. The van der Waals surface area contributed by atoms with E-state index in [4.69, 9.17) is 9.47 Å². The van der Waals surface area contributed by atoms with E-state index in [9.17, 15) is 10.1 Å². The van der Waals surface area contributed by atoms with Crippen LogP contribution in [-0.2, 0) is 11.3 Å². The molecule has 2 aromatic heterocycles. The summed E-state index contributed by atoms with van der Waals surface area (Å²) in [7, 11) is 7.20. The molecular weight excluding hydrogens is 478 g/mol. The van der Waals surface area contributed by atoms with Gasteiger partial charge in [-0.05, 0) is 67.5 Å². The van der Waals surface area contributed by atoms with E-state index in [-0.39, 0.29) is 11.6 Å². The Hall–Kier alpha value is -4.61. The largest absolute Gasteiger partial charge is 0.493 e. The SMILES string of the molecule is COc1ccc([C@@H](C)NC(=O)/C(C#N)=C/c2c[nH]c3nccc(-c4ccc(CN(C)C)cc4)c23)cc1OC. The lowest BCUT2D eigenvalue weighted by Gasteiger charge is -2.16. The van der Waals surface area contributed by atoms with Crippen LogP contribution < -0.4 is 14.8 Å². The summed E-state index contributed by atoms with van der Waals surface area (Å²) < 4.78 is 10.7. The molecule has 0 saturated heterocycles. The van der Waals surface area contributed by atoms with Gasteiger partial charge in [-0.15, -0.1) is 0 Å². The van der Waals surface area contributed by atoms with E-state index < -0.39 is 5.91 Å². The quantitative estimate of drug-likeness (QED) is 0.241. The second-order valence-electron chi connectivity index (χ2n) is 9.24. The molecule has 4 aromatic rings. The van der Waals surface area contributed by atoms with Crippen molar-refractivity contribution in [1.82, 2.24) is 20.2 Å². The molecule has 0 aliphatic rings. The van der Waals surface area contributed by atoms with Gasteiger partial charge >= 0.3 is 0 Å². The Balaban J connectivity index is 1.63. The number of methoxy groups -OCH3 is 2. The van der Waals surface area contributed by atoms with Crippen LogP contribution in [0.1, 0.15) is 29.7 Å². The number of aromatic nitrogens is 2. The lowest BCUT2D eigenvalue weighted by atomic mass is 9.99. The number of hydrogen-bond donors (Lipinski definition) is 2. The maximum absolute atomic E-state index is 13.1. The van der Waals surface area contributed by atoms with Gasteiger partial charge in [-0.2, -0.15) is 5.26 Å². The maximum atomic E-state index is 13.1. The van der Waals surface area contributed by atoms with E-state index in [0.717, 1.165) is 28.6 Å². The van der Waals surface area contributed by atoms with Crippen LogP contribution in [0, 0.1) is 11.3 Å². The molecule has 8 nitrogen and oxygen atoms in total. The molecule has 4 rings (SSSR count). The van der Waals surface area contributed by atoms with Crippen LogP contribution >= 0.6 is 0 Å². The van der Waals surface area contributed by atoms with Crippen LogP contribution in [0.4, 0.5) is 0 Å². The zero-order valence-electron chi connectivity index (χ0n) is 22.2. The van der Waals surface area contributed by atoms with Crippen LogP contribution in [0.5, 0.6) is 11.5 Å². The number of ether oxygens (including phenoxy) is 2. The van der Waals surface area contributed by atoms with Crippen LogP contribution in [0.3, 0.4) is 0 Å². The Bertz CT molecular complexity index is 1510. The van der Waals surface area contributed by atoms with Crippen molar-refractivity contribution in [1.29, 1.82) is 5.26 Å². The van der Waals surface area contributed by atoms with Gasteiger partial charge in [0.15, 0.2) is 11.5 Å². The van der Waals surface area contributed by atoms with Crippen molar-refractivity contribution in [2.24, 2.45) is 0 Å². The highest BCUT2D eigenvalue weighted by Gasteiger charge is 2.18. The van der Waals surface area contributed by atoms with Crippen LogP contribution in [0.25, 0.3) is 28.2 Å². The van der Waals surface area contributed by atoms with Crippen LogP contribution in [0.2, 0.25) is 0 Å². The number of carbonyl (C=O) groups excluding carboxylic acids is 1. The van der Waals surface area contributed by atoms with E-state index in [1.54, 1.807) is 44.8 Å². The number of nitriles is 1. The zero-order valence-corrected chi connectivity index (χ0v) is 22.2. The van der Waals surface area contributed by atoms with Crippen molar-refractivity contribution < 1.29 is 14.3 Å². The minimum absolute atomic E-state index is 0.00522. The summed E-state index contributed by atoms with van der Waals surface area (Å²) in [5.41, 5.74) is 5.42. The number of carbonyl (C=O) groups is 1. The van der Waals surface area contributed by atoms with Crippen LogP contribution in [-0.4, -0.2) is 49.1 Å². The van der Waals surface area contributed by atoms with Crippen molar-refractivity contribution in [2.75, 3.05) is 28.3 Å². The Morgan fingerprint density at radius 3 is 2.53 bits per heavy atom. The maximum Gasteiger partial charge on any atom is 0.262 e. The van der Waals surface area contributed by atoms with Gasteiger partial charge in [0, 0.05) is 29.9 Å². The average molecular weight is 510 g/mol. The molecule has 2 N–H and O–H groups in total. The molecule has 0 aliphatic heterocycles. The van der Waals surface area contributed by atoms with Crippen molar-refractivity contribution in [2.45, 2.75) is 19.5 Å². The third-order valence-corrected chi connectivity index (χ3v) is 6.29. The van der Waals surface area contributed by atoms with E-state index in [1.165, 1.54) is 5.56 Å². The first-order valence-electron chi connectivity index (χ1n) is 12.2. The summed E-state index contributed by atoms with van der Waals surface area (Å²) in [6, 6.07) is 17.4. The number of rotatable bonds is 9. The molecule has 1 atom stereocenters. The molecule has 1 amide bonds. The summed E-state index contributed by atoms with van der Waals surface area (Å²) in [5, 5.41) is 13.6. The number of fused-ring (bicyclic) bond motifs is 1. The number of hydrogen-bond acceptors (Lipinski definition) is 6. The highest BCUT2D eigenvalue weighted by Crippen LogP contribution is 2.32. The number of nitrogens with one attached hydrogen (secondary N) is 2. The molecule has 8 heteroatoms. The number of H-pyrrole nitrogens is 1. The zero-order chi connectivity index (χ0) is 27.2. The van der Waals surface area contributed by atoms with Gasteiger partial charge in [-0.3, -0.25) is 4.79 Å². The molecule has 2 aromatic carbocycles. The van der Waals surface area contributed by atoms with Gasteiger partial charge in [0.1, 0.15) is 17.3 Å². The molecule has 0 radical (unpaired) electrons. The standard InChI is InChI=1S/C30H31N5O3/c1-19(22-10-11-26(37-4)27(15-22)38-5)34-30(36)23(16-31)14-24-17-33-29-28(24)25(12-13-32-29)21-8-6-20(7-9-21)18-35(2)3/h6-15,17,19H,18H2,1-5H3,(H,32,33)(H,34,36)/b23-14+/t19-/m1/s1. The molecule has 194 valence electrons. The molecule has 0 bridgehead atoms. The first kappa shape index (κ1) is 26.5. The van der Waals surface area contributed by atoms with Gasteiger partial charge in [-0.1, -0.05) is 30.3 Å². The fourth-order valence-electron chi connectivity index (χ4n) is 4.37. The van der Waals surface area contributed by atoms with E-state index in [2.05, 4.69) is 50.5 Å². The van der Waals surface area contributed by atoms with Crippen LogP contribution in [0.15, 0.2) is 66.5 Å². The first-order valence-corrected chi connectivity index (χ1v) is 12.2. The molecule has 0 saturated carbocycles. The number of amides is 1. The van der Waals surface area contributed by atoms with E-state index in [0.29, 0.717) is 22.7 Å². The van der Waals surface area contributed by atoms with Gasteiger partial charge in [0.25, 0.3) is 5.91 Å². The lowest BCUT2D eigenvalue weighted by molar-refractivity contribution is -0.117. The highest BCUT2D eigenvalue weighted by molar-refractivity contribution is 6.06. The lowest BCUT2D eigenvalue weighted by Crippen LogP contribution is -2.27. The van der Waals surface area contributed by atoms with Gasteiger partial charge in [-0.25, -0.2) is 4.98 Å². The number of nitrogens with zero attached hydrogens (tertiary/aromatic N) is 3. The van der Waals surface area contributed by atoms with Crippen molar-refractivity contribution >= 4 is 23.0 Å². The average Bonchev–Trinajstić information content (AvgIpc) is 3.34. The minimum atomic E-state index is -0.470. The molecule has 0 fully saturated rings. The summed E-state index contributed by atoms with van der Waals surface area (Å²) in [6.45, 7) is 2.70. The highest BCUT2D eigenvalue weighted by atomic mass is 16.5.